The van der Waals surface area contributed by atoms with Crippen LogP contribution in [0.4, 0.5) is 8.78 Å². The third-order valence-electron chi connectivity index (χ3n) is 4.78. The van der Waals surface area contributed by atoms with Crippen LogP contribution in [0.25, 0.3) is 0 Å². The number of halogens is 2. The molecule has 0 aliphatic rings. The van der Waals surface area contributed by atoms with Crippen molar-refractivity contribution in [1.82, 2.24) is 10.9 Å². The standard InChI is InChI=1S/C24H28F2N4O2/c1-17(19-9-13-21(25)14-10-19)27-29-23(31)7-5-3-4-6-8-24(32)30-28-18(2)20-11-15-22(26)16-12-20/h9-16H,3-8H2,1-2H3,(H,29,31)(H,30,32). The zero-order valence-corrected chi connectivity index (χ0v) is 18.3. The van der Waals surface area contributed by atoms with Crippen molar-refractivity contribution in [3.63, 3.8) is 0 Å². The minimum absolute atomic E-state index is 0.185. The highest BCUT2D eigenvalue weighted by atomic mass is 19.1. The molecule has 0 saturated carbocycles. The minimum atomic E-state index is -0.323. The molecule has 0 atom stereocenters. The van der Waals surface area contributed by atoms with Crippen molar-refractivity contribution in [2.45, 2.75) is 52.4 Å². The molecule has 2 aromatic carbocycles. The van der Waals surface area contributed by atoms with E-state index in [1.54, 1.807) is 38.1 Å². The molecule has 0 fully saturated rings. The maximum absolute atomic E-state index is 12.9. The highest BCUT2D eigenvalue weighted by Gasteiger charge is 2.04. The van der Waals surface area contributed by atoms with Gasteiger partial charge in [-0.05, 0) is 62.1 Å². The largest absolute Gasteiger partial charge is 0.273 e. The van der Waals surface area contributed by atoms with E-state index in [1.807, 2.05) is 0 Å². The van der Waals surface area contributed by atoms with Gasteiger partial charge in [0.2, 0.25) is 11.8 Å². The summed E-state index contributed by atoms with van der Waals surface area (Å²) in [6, 6.07) is 11.8. The molecule has 32 heavy (non-hydrogen) atoms. The van der Waals surface area contributed by atoms with E-state index in [2.05, 4.69) is 21.1 Å². The molecular formula is C24H28F2N4O2. The predicted molar refractivity (Wildman–Crippen MR) is 121 cm³/mol. The number of carbonyl (C=O) groups excluding carboxylic acids is 2. The van der Waals surface area contributed by atoms with Gasteiger partial charge in [0.25, 0.3) is 0 Å². The maximum atomic E-state index is 12.9. The molecule has 0 spiro atoms. The monoisotopic (exact) mass is 442 g/mol. The second-order valence-electron chi connectivity index (χ2n) is 7.39. The topological polar surface area (TPSA) is 82.9 Å². The molecule has 0 heterocycles. The van der Waals surface area contributed by atoms with E-state index in [1.165, 1.54) is 24.3 Å². The molecule has 0 aliphatic carbocycles. The number of hydrogen-bond donors (Lipinski definition) is 2. The molecule has 8 heteroatoms. The van der Waals surface area contributed by atoms with Crippen LogP contribution in [0.15, 0.2) is 58.7 Å². The van der Waals surface area contributed by atoms with Gasteiger partial charge in [0.1, 0.15) is 11.6 Å². The van der Waals surface area contributed by atoms with Crippen molar-refractivity contribution >= 4 is 23.2 Å². The van der Waals surface area contributed by atoms with Crippen molar-refractivity contribution in [2.75, 3.05) is 0 Å². The van der Waals surface area contributed by atoms with Crippen LogP contribution in [0, 0.1) is 11.6 Å². The number of hydrazone groups is 2. The second kappa shape index (κ2) is 13.1. The van der Waals surface area contributed by atoms with Crippen LogP contribution >= 0.6 is 0 Å². The number of benzene rings is 2. The molecule has 2 rings (SSSR count). The Bertz CT molecular complexity index is 875. The minimum Gasteiger partial charge on any atom is -0.273 e. The number of nitrogens with one attached hydrogen (secondary N) is 2. The molecule has 0 aliphatic heterocycles. The van der Waals surface area contributed by atoms with Gasteiger partial charge in [-0.3, -0.25) is 9.59 Å². The summed E-state index contributed by atoms with van der Waals surface area (Å²) in [7, 11) is 0. The SMILES string of the molecule is CC(=NNC(=O)CCCCCCC(=O)NN=C(C)c1ccc(F)cc1)c1ccc(F)cc1. The van der Waals surface area contributed by atoms with E-state index in [0.29, 0.717) is 37.1 Å². The first kappa shape index (κ1) is 24.8. The predicted octanol–water partition coefficient (Wildman–Crippen LogP) is 4.69. The number of rotatable bonds is 11. The number of hydrogen-bond acceptors (Lipinski definition) is 4. The van der Waals surface area contributed by atoms with Gasteiger partial charge in [0.15, 0.2) is 0 Å². The smallest absolute Gasteiger partial charge is 0.240 e. The molecule has 0 unspecified atom stereocenters. The quantitative estimate of drug-likeness (QED) is 0.301. The van der Waals surface area contributed by atoms with Crippen LogP contribution in [-0.4, -0.2) is 23.2 Å². The highest BCUT2D eigenvalue weighted by Crippen LogP contribution is 2.07. The second-order valence-corrected chi connectivity index (χ2v) is 7.39. The Hall–Kier alpha value is -3.42. The Kier molecular flexibility index (Phi) is 10.2. The molecule has 2 amide bonds. The van der Waals surface area contributed by atoms with Crippen LogP contribution in [0.5, 0.6) is 0 Å². The van der Waals surface area contributed by atoms with E-state index in [-0.39, 0.29) is 23.4 Å². The molecule has 2 aromatic rings. The average molecular weight is 443 g/mol. The zero-order valence-electron chi connectivity index (χ0n) is 18.3. The molecule has 0 radical (unpaired) electrons. The van der Waals surface area contributed by atoms with Crippen LogP contribution in [0.2, 0.25) is 0 Å². The third kappa shape index (κ3) is 9.16. The number of unbranched alkanes of at least 4 members (excludes halogenated alkanes) is 3. The fourth-order valence-corrected chi connectivity index (χ4v) is 2.84. The van der Waals surface area contributed by atoms with Gasteiger partial charge in [-0.2, -0.15) is 10.2 Å². The molecule has 0 aromatic heterocycles. The summed E-state index contributed by atoms with van der Waals surface area (Å²) in [5.41, 5.74) is 7.68. The van der Waals surface area contributed by atoms with Gasteiger partial charge in [-0.1, -0.05) is 37.1 Å². The summed E-state index contributed by atoms with van der Waals surface area (Å²) in [6.45, 7) is 3.48. The first-order valence-corrected chi connectivity index (χ1v) is 10.5. The van der Waals surface area contributed by atoms with Crippen LogP contribution in [-0.2, 0) is 9.59 Å². The van der Waals surface area contributed by atoms with E-state index in [9.17, 15) is 18.4 Å². The number of nitrogens with zero attached hydrogens (tertiary/aromatic N) is 2. The van der Waals surface area contributed by atoms with Gasteiger partial charge < -0.3 is 0 Å². The Balaban J connectivity index is 1.57. The Morgan fingerprint density at radius 1 is 0.656 bits per heavy atom. The van der Waals surface area contributed by atoms with E-state index >= 15 is 0 Å². The summed E-state index contributed by atoms with van der Waals surface area (Å²) < 4.78 is 25.9. The lowest BCUT2D eigenvalue weighted by Crippen LogP contribution is -2.19. The fraction of sp³-hybridized carbons (Fsp3) is 0.333. The Morgan fingerprint density at radius 3 is 1.34 bits per heavy atom. The zero-order chi connectivity index (χ0) is 23.3. The third-order valence-corrected chi connectivity index (χ3v) is 4.78. The van der Waals surface area contributed by atoms with Crippen LogP contribution in [0.1, 0.15) is 63.5 Å². The van der Waals surface area contributed by atoms with Gasteiger partial charge in [0, 0.05) is 12.8 Å². The normalized spacial score (nSPS) is 11.9. The van der Waals surface area contributed by atoms with E-state index in [0.717, 1.165) is 24.0 Å². The Morgan fingerprint density at radius 2 is 1.00 bits per heavy atom. The maximum Gasteiger partial charge on any atom is 0.240 e. The first-order valence-electron chi connectivity index (χ1n) is 10.5. The summed E-state index contributed by atoms with van der Waals surface area (Å²) in [5, 5.41) is 8.07. The van der Waals surface area contributed by atoms with E-state index < -0.39 is 0 Å². The summed E-state index contributed by atoms with van der Waals surface area (Å²) >= 11 is 0. The van der Waals surface area contributed by atoms with Crippen LogP contribution < -0.4 is 10.9 Å². The summed E-state index contributed by atoms with van der Waals surface area (Å²) in [4.78, 5) is 23.8. The lowest BCUT2D eigenvalue weighted by atomic mass is 10.1. The first-order chi connectivity index (χ1) is 15.3. The van der Waals surface area contributed by atoms with Crippen molar-refractivity contribution in [3.05, 3.63) is 71.3 Å². The van der Waals surface area contributed by atoms with Crippen molar-refractivity contribution in [2.24, 2.45) is 10.2 Å². The molecule has 2 N–H and O–H groups in total. The number of amides is 2. The van der Waals surface area contributed by atoms with Gasteiger partial charge >= 0.3 is 0 Å². The van der Waals surface area contributed by atoms with Gasteiger partial charge in [-0.25, -0.2) is 19.6 Å². The van der Waals surface area contributed by atoms with Crippen LogP contribution in [0.3, 0.4) is 0 Å². The van der Waals surface area contributed by atoms with Crippen molar-refractivity contribution in [1.29, 1.82) is 0 Å². The molecule has 0 bridgehead atoms. The average Bonchev–Trinajstić information content (AvgIpc) is 2.79. The van der Waals surface area contributed by atoms with E-state index in [4.69, 9.17) is 0 Å². The molecule has 6 nitrogen and oxygen atoms in total. The summed E-state index contributed by atoms with van der Waals surface area (Å²) in [5.74, 6) is -1.02. The lowest BCUT2D eigenvalue weighted by Gasteiger charge is -2.04. The lowest BCUT2D eigenvalue weighted by molar-refractivity contribution is -0.122. The molecule has 170 valence electrons. The fourth-order valence-electron chi connectivity index (χ4n) is 2.84. The van der Waals surface area contributed by atoms with Crippen molar-refractivity contribution in [3.8, 4) is 0 Å². The number of carbonyl (C=O) groups is 2. The highest BCUT2D eigenvalue weighted by molar-refractivity contribution is 5.99. The Labute approximate surface area is 186 Å². The molecular weight excluding hydrogens is 414 g/mol. The van der Waals surface area contributed by atoms with Gasteiger partial charge in [0.05, 0.1) is 11.4 Å². The van der Waals surface area contributed by atoms with Gasteiger partial charge in [-0.15, -0.1) is 0 Å². The summed E-state index contributed by atoms with van der Waals surface area (Å²) in [6.07, 6.45) is 3.71. The van der Waals surface area contributed by atoms with Crippen molar-refractivity contribution < 1.29 is 18.4 Å². The molecule has 0 saturated heterocycles.